The smallest absolute Gasteiger partial charge is 0.351 e. The molecule has 0 aliphatic rings. The zero-order valence-electron chi connectivity index (χ0n) is 17.3. The molecule has 0 bridgehead atoms. The van der Waals surface area contributed by atoms with E-state index in [4.69, 9.17) is 0 Å². The molecule has 0 atom stereocenters. The summed E-state index contributed by atoms with van der Waals surface area (Å²) in [6.07, 6.45) is -4.38. The Kier molecular flexibility index (Phi) is 6.79. The number of aromatic nitrogens is 3. The summed E-state index contributed by atoms with van der Waals surface area (Å²) in [4.78, 5) is 16.9. The average molecular weight is 469 g/mol. The van der Waals surface area contributed by atoms with Gasteiger partial charge in [0, 0.05) is 12.1 Å². The van der Waals surface area contributed by atoms with Crippen LogP contribution in [0.2, 0.25) is 0 Å². The molecule has 3 aromatic carbocycles. The molecule has 1 amide bonds. The molecule has 1 heterocycles. The fraction of sp³-hybridized carbons (Fsp3) is 0.125. The summed E-state index contributed by atoms with van der Waals surface area (Å²) in [5.74, 6) is 0.472. The molecule has 33 heavy (non-hydrogen) atoms. The molecule has 1 aromatic heterocycles. The Morgan fingerprint density at radius 2 is 1.55 bits per heavy atom. The molecular formula is C24H19F3N4OS. The topological polar surface area (TPSA) is 59.8 Å². The quantitative estimate of drug-likeness (QED) is 0.371. The van der Waals surface area contributed by atoms with Crippen LogP contribution in [0.25, 0.3) is 17.1 Å². The number of benzene rings is 3. The maximum Gasteiger partial charge on any atom is 0.416 e. The van der Waals surface area contributed by atoms with Crippen LogP contribution in [0.1, 0.15) is 11.1 Å². The fourth-order valence-electron chi connectivity index (χ4n) is 3.07. The van der Waals surface area contributed by atoms with Gasteiger partial charge in [-0.3, -0.25) is 4.79 Å². The second-order valence-corrected chi connectivity index (χ2v) is 8.03. The van der Waals surface area contributed by atoms with Gasteiger partial charge in [-0.2, -0.15) is 13.2 Å². The van der Waals surface area contributed by atoms with Gasteiger partial charge in [-0.15, -0.1) is 5.10 Å². The molecular weight excluding hydrogens is 449 g/mol. The number of carbonyl (C=O) groups excluding carboxylic acids is 1. The summed E-state index contributed by atoms with van der Waals surface area (Å²) < 4.78 is 39.7. The standard InChI is InChI=1S/C24H19F3N4OS/c25-24(26,27)19-13-11-17(12-14-19)15-28-21(32)16-33-23-29-22(18-7-3-1-4-8-18)31(30-23)20-9-5-2-6-10-20/h1-14H,15-16H2,(H,28,32). The van der Waals surface area contributed by atoms with Gasteiger partial charge < -0.3 is 5.32 Å². The Morgan fingerprint density at radius 3 is 2.18 bits per heavy atom. The van der Waals surface area contributed by atoms with Gasteiger partial charge in [0.25, 0.3) is 0 Å². The second-order valence-electron chi connectivity index (χ2n) is 7.09. The number of alkyl halides is 3. The highest BCUT2D eigenvalue weighted by Gasteiger charge is 2.29. The van der Waals surface area contributed by atoms with E-state index < -0.39 is 11.7 Å². The van der Waals surface area contributed by atoms with E-state index in [0.29, 0.717) is 16.5 Å². The minimum absolute atomic E-state index is 0.0771. The summed E-state index contributed by atoms with van der Waals surface area (Å²) >= 11 is 1.19. The van der Waals surface area contributed by atoms with Crippen molar-refractivity contribution in [3.05, 3.63) is 96.1 Å². The molecule has 9 heteroatoms. The van der Waals surface area contributed by atoms with Crippen LogP contribution in [0.4, 0.5) is 13.2 Å². The summed E-state index contributed by atoms with van der Waals surface area (Å²) in [6.45, 7) is 0.138. The van der Waals surface area contributed by atoms with E-state index >= 15 is 0 Å². The number of nitrogens with one attached hydrogen (secondary N) is 1. The third-order valence-electron chi connectivity index (χ3n) is 4.72. The minimum atomic E-state index is -4.38. The van der Waals surface area contributed by atoms with Crippen molar-refractivity contribution < 1.29 is 18.0 Å². The van der Waals surface area contributed by atoms with E-state index in [1.54, 1.807) is 4.68 Å². The molecule has 0 radical (unpaired) electrons. The number of hydrogen-bond donors (Lipinski definition) is 1. The van der Waals surface area contributed by atoms with Crippen molar-refractivity contribution in [3.8, 4) is 17.1 Å². The van der Waals surface area contributed by atoms with E-state index in [1.807, 2.05) is 60.7 Å². The molecule has 0 aliphatic heterocycles. The van der Waals surface area contributed by atoms with Gasteiger partial charge in [0.15, 0.2) is 5.82 Å². The fourth-order valence-corrected chi connectivity index (χ4v) is 3.72. The van der Waals surface area contributed by atoms with E-state index in [2.05, 4.69) is 15.4 Å². The minimum Gasteiger partial charge on any atom is -0.351 e. The Morgan fingerprint density at radius 1 is 0.909 bits per heavy atom. The number of carbonyl (C=O) groups is 1. The average Bonchev–Trinajstić information content (AvgIpc) is 3.27. The molecule has 0 saturated heterocycles. The lowest BCUT2D eigenvalue weighted by Gasteiger charge is -2.08. The van der Waals surface area contributed by atoms with Crippen molar-refractivity contribution in [1.29, 1.82) is 0 Å². The molecule has 0 unspecified atom stereocenters. The van der Waals surface area contributed by atoms with E-state index in [0.717, 1.165) is 23.4 Å². The summed E-state index contributed by atoms with van der Waals surface area (Å²) in [6, 6.07) is 23.9. The largest absolute Gasteiger partial charge is 0.416 e. The number of nitrogens with zero attached hydrogens (tertiary/aromatic N) is 3. The normalized spacial score (nSPS) is 11.4. The van der Waals surface area contributed by atoms with Gasteiger partial charge in [0.1, 0.15) is 0 Å². The first-order chi connectivity index (χ1) is 15.9. The van der Waals surface area contributed by atoms with Crippen LogP contribution in [0.5, 0.6) is 0 Å². The van der Waals surface area contributed by atoms with Crippen molar-refractivity contribution in [1.82, 2.24) is 20.1 Å². The zero-order valence-corrected chi connectivity index (χ0v) is 18.1. The number of rotatable bonds is 7. The van der Waals surface area contributed by atoms with E-state index in [1.165, 1.54) is 23.9 Å². The van der Waals surface area contributed by atoms with Gasteiger partial charge in [-0.05, 0) is 29.8 Å². The predicted molar refractivity (Wildman–Crippen MR) is 121 cm³/mol. The van der Waals surface area contributed by atoms with Crippen LogP contribution in [0, 0.1) is 0 Å². The zero-order chi connectivity index (χ0) is 23.3. The SMILES string of the molecule is O=C(CSc1nc(-c2ccccc2)n(-c2ccccc2)n1)NCc1ccc(C(F)(F)F)cc1. The van der Waals surface area contributed by atoms with Crippen LogP contribution in [-0.2, 0) is 17.5 Å². The maximum absolute atomic E-state index is 12.7. The Balaban J connectivity index is 1.41. The molecule has 0 saturated carbocycles. The number of amides is 1. The van der Waals surface area contributed by atoms with Crippen molar-refractivity contribution in [2.45, 2.75) is 17.9 Å². The van der Waals surface area contributed by atoms with Crippen LogP contribution < -0.4 is 5.32 Å². The Labute approximate surface area is 192 Å². The summed E-state index contributed by atoms with van der Waals surface area (Å²) in [5, 5.41) is 7.72. The Bertz CT molecular complexity index is 1150. The van der Waals surface area contributed by atoms with E-state index in [9.17, 15) is 18.0 Å². The number of para-hydroxylation sites is 1. The van der Waals surface area contributed by atoms with Gasteiger partial charge >= 0.3 is 6.18 Å². The molecule has 4 aromatic rings. The molecule has 0 fully saturated rings. The highest BCUT2D eigenvalue weighted by atomic mass is 32.2. The lowest BCUT2D eigenvalue weighted by Crippen LogP contribution is -2.24. The summed E-state index contributed by atoms with van der Waals surface area (Å²) in [7, 11) is 0. The van der Waals surface area contributed by atoms with Gasteiger partial charge in [0.05, 0.1) is 17.0 Å². The molecule has 168 valence electrons. The van der Waals surface area contributed by atoms with Crippen molar-refractivity contribution in [2.75, 3.05) is 5.75 Å². The molecule has 1 N–H and O–H groups in total. The first-order valence-corrected chi connectivity index (χ1v) is 11.0. The van der Waals surface area contributed by atoms with Gasteiger partial charge in [-0.1, -0.05) is 72.4 Å². The maximum atomic E-state index is 12.7. The first kappa shape index (κ1) is 22.6. The van der Waals surface area contributed by atoms with E-state index in [-0.39, 0.29) is 18.2 Å². The van der Waals surface area contributed by atoms with Crippen LogP contribution in [-0.4, -0.2) is 26.4 Å². The van der Waals surface area contributed by atoms with Crippen molar-refractivity contribution >= 4 is 17.7 Å². The third-order valence-corrected chi connectivity index (χ3v) is 5.56. The third kappa shape index (κ3) is 5.81. The highest BCUT2D eigenvalue weighted by Crippen LogP contribution is 2.29. The molecule has 5 nitrogen and oxygen atoms in total. The second kappa shape index (κ2) is 9.91. The van der Waals surface area contributed by atoms with Crippen LogP contribution in [0.3, 0.4) is 0 Å². The highest BCUT2D eigenvalue weighted by molar-refractivity contribution is 7.99. The molecule has 0 aliphatic carbocycles. The predicted octanol–water partition coefficient (Wildman–Crippen LogP) is 5.36. The first-order valence-electron chi connectivity index (χ1n) is 10.0. The molecule has 0 spiro atoms. The van der Waals surface area contributed by atoms with Gasteiger partial charge in [-0.25, -0.2) is 9.67 Å². The van der Waals surface area contributed by atoms with Crippen molar-refractivity contribution in [3.63, 3.8) is 0 Å². The molecule has 4 rings (SSSR count). The number of hydrogen-bond acceptors (Lipinski definition) is 4. The monoisotopic (exact) mass is 468 g/mol. The van der Waals surface area contributed by atoms with Crippen LogP contribution >= 0.6 is 11.8 Å². The lowest BCUT2D eigenvalue weighted by atomic mass is 10.1. The van der Waals surface area contributed by atoms with Crippen molar-refractivity contribution in [2.24, 2.45) is 0 Å². The summed E-state index contributed by atoms with van der Waals surface area (Å²) in [5.41, 5.74) is 1.61. The Hall–Kier alpha value is -3.59. The lowest BCUT2D eigenvalue weighted by molar-refractivity contribution is -0.137. The van der Waals surface area contributed by atoms with Crippen LogP contribution in [0.15, 0.2) is 90.1 Å². The van der Waals surface area contributed by atoms with Gasteiger partial charge in [0.2, 0.25) is 11.1 Å². The number of thioether (sulfide) groups is 1. The number of halogens is 3.